The third-order valence-corrected chi connectivity index (χ3v) is 5.69. The maximum absolute atomic E-state index is 13.4. The fourth-order valence-electron chi connectivity index (χ4n) is 4.10. The zero-order valence-electron chi connectivity index (χ0n) is 19.0. The monoisotopic (exact) mass is 453 g/mol. The molecule has 1 aromatic heterocycles. The van der Waals surface area contributed by atoms with Gasteiger partial charge in [-0.25, -0.2) is 0 Å². The molecule has 1 aliphatic heterocycles. The fraction of sp³-hybridized carbons (Fsp3) is 0.333. The lowest BCUT2D eigenvalue weighted by atomic mass is 9.95. The van der Waals surface area contributed by atoms with Crippen molar-refractivity contribution in [2.75, 3.05) is 34.5 Å². The Labute approximate surface area is 191 Å². The van der Waals surface area contributed by atoms with E-state index in [1.165, 1.54) is 21.3 Å². The maximum atomic E-state index is 13.4. The second kappa shape index (κ2) is 9.51. The summed E-state index contributed by atoms with van der Waals surface area (Å²) in [5.41, 5.74) is 3.41. The van der Waals surface area contributed by atoms with Crippen LogP contribution in [-0.2, 0) is 9.47 Å². The van der Waals surface area contributed by atoms with E-state index in [1.807, 2.05) is 31.2 Å². The summed E-state index contributed by atoms with van der Waals surface area (Å²) in [6.45, 7) is 2.70. The van der Waals surface area contributed by atoms with Crippen LogP contribution in [0.5, 0.6) is 17.2 Å². The Morgan fingerprint density at radius 3 is 2.48 bits per heavy atom. The SMILES string of the molecule is CCOc1ccc(-c2n[nH]c3c2C(c2ccc(O)c(OC)c2)N(CC(OC)OC)C3=O)cc1. The number of H-pyrrole nitrogens is 1. The van der Waals surface area contributed by atoms with Crippen LogP contribution in [-0.4, -0.2) is 66.9 Å². The Hall–Kier alpha value is -3.56. The van der Waals surface area contributed by atoms with Gasteiger partial charge in [0.1, 0.15) is 11.4 Å². The Bertz CT molecular complexity index is 1120. The molecule has 2 aromatic carbocycles. The minimum Gasteiger partial charge on any atom is -0.504 e. The zero-order chi connectivity index (χ0) is 23.5. The lowest BCUT2D eigenvalue weighted by Crippen LogP contribution is -2.38. The van der Waals surface area contributed by atoms with Gasteiger partial charge in [0.25, 0.3) is 5.91 Å². The molecular weight excluding hydrogens is 426 g/mol. The highest BCUT2D eigenvalue weighted by Gasteiger charge is 2.43. The second-order valence-corrected chi connectivity index (χ2v) is 7.51. The smallest absolute Gasteiger partial charge is 0.273 e. The van der Waals surface area contributed by atoms with Crippen molar-refractivity contribution in [3.05, 3.63) is 59.3 Å². The van der Waals surface area contributed by atoms with Crippen molar-refractivity contribution in [3.8, 4) is 28.5 Å². The van der Waals surface area contributed by atoms with Crippen LogP contribution < -0.4 is 9.47 Å². The molecule has 0 aliphatic carbocycles. The van der Waals surface area contributed by atoms with Crippen LogP contribution in [0.15, 0.2) is 42.5 Å². The molecule has 174 valence electrons. The standard InChI is InChI=1S/C24H27N3O6/c1-5-33-16-9-6-14(7-10-16)21-20-22(26-25-21)24(29)27(13-19(31-3)32-4)23(20)15-8-11-17(28)18(12-15)30-2/h6-12,19,23,28H,5,13H2,1-4H3,(H,25,26). The third-order valence-electron chi connectivity index (χ3n) is 5.69. The minimum absolute atomic E-state index is 0.0166. The fourth-order valence-corrected chi connectivity index (χ4v) is 4.10. The number of phenolic OH excluding ortho intramolecular Hbond substituents is 1. The van der Waals surface area contributed by atoms with E-state index in [0.717, 1.165) is 22.4 Å². The lowest BCUT2D eigenvalue weighted by Gasteiger charge is -2.29. The average molecular weight is 453 g/mol. The predicted octanol–water partition coefficient (Wildman–Crippen LogP) is 3.35. The number of nitrogens with zero attached hydrogens (tertiary/aromatic N) is 2. The van der Waals surface area contributed by atoms with Gasteiger partial charge in [-0.15, -0.1) is 0 Å². The third kappa shape index (κ3) is 4.12. The Kier molecular flexibility index (Phi) is 6.52. The molecular formula is C24H27N3O6. The molecule has 9 heteroatoms. The van der Waals surface area contributed by atoms with Crippen molar-refractivity contribution in [1.29, 1.82) is 0 Å². The summed E-state index contributed by atoms with van der Waals surface area (Å²) in [6.07, 6.45) is -0.610. The normalized spacial score (nSPS) is 15.2. The van der Waals surface area contributed by atoms with E-state index < -0.39 is 12.3 Å². The molecule has 1 aliphatic rings. The van der Waals surface area contributed by atoms with E-state index in [1.54, 1.807) is 23.1 Å². The van der Waals surface area contributed by atoms with Crippen LogP contribution in [0.2, 0.25) is 0 Å². The minimum atomic E-state index is -0.610. The Morgan fingerprint density at radius 2 is 1.85 bits per heavy atom. The maximum Gasteiger partial charge on any atom is 0.273 e. The summed E-state index contributed by atoms with van der Waals surface area (Å²) in [7, 11) is 4.54. The van der Waals surface area contributed by atoms with Crippen LogP contribution in [0, 0.1) is 0 Å². The largest absolute Gasteiger partial charge is 0.504 e. The van der Waals surface area contributed by atoms with Crippen LogP contribution >= 0.6 is 0 Å². The molecule has 0 spiro atoms. The van der Waals surface area contributed by atoms with Gasteiger partial charge in [0.2, 0.25) is 0 Å². The summed E-state index contributed by atoms with van der Waals surface area (Å²) in [5, 5.41) is 17.5. The van der Waals surface area contributed by atoms with E-state index >= 15 is 0 Å². The second-order valence-electron chi connectivity index (χ2n) is 7.51. The van der Waals surface area contributed by atoms with Crippen molar-refractivity contribution in [2.24, 2.45) is 0 Å². The summed E-state index contributed by atoms with van der Waals surface area (Å²) >= 11 is 0. The number of carbonyl (C=O) groups is 1. The Morgan fingerprint density at radius 1 is 1.12 bits per heavy atom. The predicted molar refractivity (Wildman–Crippen MR) is 121 cm³/mol. The quantitative estimate of drug-likeness (QED) is 0.479. The first kappa shape index (κ1) is 22.6. The number of amides is 1. The number of hydrogen-bond acceptors (Lipinski definition) is 7. The molecule has 9 nitrogen and oxygen atoms in total. The van der Waals surface area contributed by atoms with Crippen molar-refractivity contribution >= 4 is 5.91 Å². The van der Waals surface area contributed by atoms with Crippen molar-refractivity contribution < 1.29 is 28.8 Å². The molecule has 1 atom stereocenters. The van der Waals surface area contributed by atoms with E-state index in [9.17, 15) is 9.90 Å². The van der Waals surface area contributed by atoms with Crippen LogP contribution in [0.3, 0.4) is 0 Å². The number of benzene rings is 2. The van der Waals surface area contributed by atoms with E-state index in [2.05, 4.69) is 10.2 Å². The first-order valence-electron chi connectivity index (χ1n) is 10.6. The molecule has 0 radical (unpaired) electrons. The number of nitrogens with one attached hydrogen (secondary N) is 1. The number of aromatic hydroxyl groups is 1. The summed E-state index contributed by atoms with van der Waals surface area (Å²) in [4.78, 5) is 15.1. The van der Waals surface area contributed by atoms with Crippen molar-refractivity contribution in [3.63, 3.8) is 0 Å². The highest BCUT2D eigenvalue weighted by Crippen LogP contribution is 2.44. The molecule has 0 saturated carbocycles. The highest BCUT2D eigenvalue weighted by molar-refractivity contribution is 6.00. The van der Waals surface area contributed by atoms with E-state index in [4.69, 9.17) is 18.9 Å². The van der Waals surface area contributed by atoms with Gasteiger partial charge >= 0.3 is 0 Å². The van der Waals surface area contributed by atoms with Crippen molar-refractivity contribution in [2.45, 2.75) is 19.3 Å². The molecule has 1 unspecified atom stereocenters. The van der Waals surface area contributed by atoms with Gasteiger partial charge in [-0.05, 0) is 48.9 Å². The van der Waals surface area contributed by atoms with Gasteiger partial charge in [0, 0.05) is 25.3 Å². The van der Waals surface area contributed by atoms with Gasteiger partial charge in [0.15, 0.2) is 17.8 Å². The number of carbonyl (C=O) groups excluding carboxylic acids is 1. The average Bonchev–Trinajstić information content (AvgIpc) is 3.37. The molecule has 33 heavy (non-hydrogen) atoms. The van der Waals surface area contributed by atoms with Crippen LogP contribution in [0.1, 0.15) is 34.6 Å². The molecule has 3 aromatic rings. The van der Waals surface area contributed by atoms with E-state index in [-0.39, 0.29) is 18.2 Å². The van der Waals surface area contributed by atoms with Gasteiger partial charge in [0.05, 0.1) is 32.0 Å². The number of phenols is 1. The van der Waals surface area contributed by atoms with Gasteiger partial charge < -0.3 is 29.0 Å². The summed E-state index contributed by atoms with van der Waals surface area (Å²) in [5.74, 6) is 0.872. The first-order valence-corrected chi connectivity index (χ1v) is 10.6. The van der Waals surface area contributed by atoms with E-state index in [0.29, 0.717) is 23.7 Å². The number of hydrogen-bond donors (Lipinski definition) is 2. The highest BCUT2D eigenvalue weighted by atomic mass is 16.7. The van der Waals surface area contributed by atoms with Crippen molar-refractivity contribution in [1.82, 2.24) is 15.1 Å². The first-order chi connectivity index (χ1) is 16.0. The van der Waals surface area contributed by atoms with Crippen LogP contribution in [0.25, 0.3) is 11.3 Å². The summed E-state index contributed by atoms with van der Waals surface area (Å²) in [6, 6.07) is 12.1. The molecule has 2 N–H and O–H groups in total. The summed E-state index contributed by atoms with van der Waals surface area (Å²) < 4.78 is 21.6. The van der Waals surface area contributed by atoms with Gasteiger partial charge in [-0.1, -0.05) is 6.07 Å². The number of ether oxygens (including phenoxy) is 4. The molecule has 4 rings (SSSR count). The Balaban J connectivity index is 1.83. The topological polar surface area (TPSA) is 106 Å². The number of methoxy groups -OCH3 is 3. The molecule has 0 saturated heterocycles. The van der Waals surface area contributed by atoms with Gasteiger partial charge in [-0.3, -0.25) is 9.89 Å². The molecule has 1 amide bonds. The number of rotatable bonds is 9. The molecule has 0 bridgehead atoms. The number of fused-ring (bicyclic) bond motifs is 1. The number of aromatic amines is 1. The molecule has 0 fully saturated rings. The zero-order valence-corrected chi connectivity index (χ0v) is 19.0. The van der Waals surface area contributed by atoms with Gasteiger partial charge in [-0.2, -0.15) is 5.10 Å². The van der Waals surface area contributed by atoms with Crippen LogP contribution in [0.4, 0.5) is 0 Å². The molecule has 2 heterocycles. The number of aromatic nitrogens is 2. The lowest BCUT2D eigenvalue weighted by molar-refractivity contribution is -0.113.